The van der Waals surface area contributed by atoms with Crippen LogP contribution in [0.2, 0.25) is 0 Å². The second kappa shape index (κ2) is 4.00. The van der Waals surface area contributed by atoms with Gasteiger partial charge < -0.3 is 5.32 Å². The molecule has 0 aromatic rings. The second-order valence-electron chi connectivity index (χ2n) is 6.74. The van der Waals surface area contributed by atoms with Gasteiger partial charge in [0, 0.05) is 12.5 Å². The number of aliphatic imine (C=N–C) groups is 1. The van der Waals surface area contributed by atoms with Crippen molar-refractivity contribution in [3.05, 3.63) is 0 Å². The van der Waals surface area contributed by atoms with E-state index in [4.69, 9.17) is 4.99 Å². The van der Waals surface area contributed by atoms with Gasteiger partial charge in [-0.1, -0.05) is 12.8 Å². The van der Waals surface area contributed by atoms with Crippen LogP contribution in [-0.4, -0.2) is 17.9 Å². The van der Waals surface area contributed by atoms with Crippen molar-refractivity contribution in [2.24, 2.45) is 22.7 Å². The van der Waals surface area contributed by atoms with Crippen LogP contribution in [0.15, 0.2) is 4.99 Å². The number of amidine groups is 1. The van der Waals surface area contributed by atoms with Gasteiger partial charge in [-0.3, -0.25) is 4.99 Å². The van der Waals surface area contributed by atoms with Gasteiger partial charge in [-0.25, -0.2) is 0 Å². The van der Waals surface area contributed by atoms with E-state index in [1.165, 1.54) is 63.6 Å². The molecule has 2 atom stereocenters. The average Bonchev–Trinajstić information content (AvgIpc) is 3.22. The molecule has 3 fully saturated rings. The third-order valence-corrected chi connectivity index (χ3v) is 5.24. The summed E-state index contributed by atoms with van der Waals surface area (Å²) in [6.07, 6.45) is 12.8. The van der Waals surface area contributed by atoms with E-state index >= 15 is 0 Å². The van der Waals surface area contributed by atoms with E-state index in [2.05, 4.69) is 5.32 Å². The monoisotopic (exact) mass is 232 g/mol. The minimum atomic E-state index is 0.685. The number of nitrogens with one attached hydrogen (secondary N) is 1. The Morgan fingerprint density at radius 3 is 2.29 bits per heavy atom. The topological polar surface area (TPSA) is 24.4 Å². The summed E-state index contributed by atoms with van der Waals surface area (Å²) >= 11 is 0. The molecule has 0 spiro atoms. The first kappa shape index (κ1) is 10.4. The van der Waals surface area contributed by atoms with Gasteiger partial charge >= 0.3 is 0 Å². The lowest BCUT2D eigenvalue weighted by Gasteiger charge is -2.22. The van der Waals surface area contributed by atoms with Crippen molar-refractivity contribution >= 4 is 5.84 Å². The standard InChI is InChI=1S/C15H24N2/c1-2-4-13-12(3-1)9-14(16-13)17-15(10-5-6-10)11-7-8-11/h10-13,15H,1-9H2,(H,16,17)/t12-,13-/m0/s1. The number of hydrogen-bond donors (Lipinski definition) is 1. The van der Waals surface area contributed by atoms with Gasteiger partial charge in [0.15, 0.2) is 0 Å². The summed E-state index contributed by atoms with van der Waals surface area (Å²) in [6, 6.07) is 1.49. The van der Waals surface area contributed by atoms with Crippen LogP contribution in [0.4, 0.5) is 0 Å². The van der Waals surface area contributed by atoms with E-state index in [-0.39, 0.29) is 0 Å². The Hall–Kier alpha value is -0.530. The summed E-state index contributed by atoms with van der Waals surface area (Å²) in [6.45, 7) is 0. The van der Waals surface area contributed by atoms with Gasteiger partial charge in [0.05, 0.1) is 11.9 Å². The number of fused-ring (bicyclic) bond motifs is 1. The Morgan fingerprint density at radius 1 is 0.941 bits per heavy atom. The maximum Gasteiger partial charge on any atom is 0.0972 e. The quantitative estimate of drug-likeness (QED) is 0.794. The first-order valence-electron chi connectivity index (χ1n) is 7.73. The largest absolute Gasteiger partial charge is 0.371 e. The summed E-state index contributed by atoms with van der Waals surface area (Å²) in [5.74, 6) is 4.26. The van der Waals surface area contributed by atoms with Crippen molar-refractivity contribution in [2.45, 2.75) is 69.9 Å². The van der Waals surface area contributed by atoms with Crippen LogP contribution in [0.25, 0.3) is 0 Å². The van der Waals surface area contributed by atoms with E-state index in [1.54, 1.807) is 0 Å². The molecule has 1 N–H and O–H groups in total. The number of nitrogens with zero attached hydrogens (tertiary/aromatic N) is 1. The molecular weight excluding hydrogens is 208 g/mol. The Bertz CT molecular complexity index is 316. The zero-order valence-electron chi connectivity index (χ0n) is 10.7. The highest BCUT2D eigenvalue weighted by molar-refractivity contribution is 5.84. The predicted molar refractivity (Wildman–Crippen MR) is 70.2 cm³/mol. The molecule has 0 aromatic carbocycles. The lowest BCUT2D eigenvalue weighted by Crippen LogP contribution is -2.37. The molecule has 1 aliphatic heterocycles. The first-order valence-corrected chi connectivity index (χ1v) is 7.73. The van der Waals surface area contributed by atoms with Crippen LogP contribution in [0.1, 0.15) is 57.8 Å². The van der Waals surface area contributed by atoms with Gasteiger partial charge in [-0.05, 0) is 56.3 Å². The summed E-state index contributed by atoms with van der Waals surface area (Å²) in [4.78, 5) is 4.98. The summed E-state index contributed by atoms with van der Waals surface area (Å²) < 4.78 is 0. The normalized spacial score (nSPS) is 36.9. The van der Waals surface area contributed by atoms with E-state index in [0.717, 1.165) is 23.8 Å². The van der Waals surface area contributed by atoms with Crippen LogP contribution >= 0.6 is 0 Å². The molecule has 4 aliphatic rings. The fourth-order valence-electron chi connectivity index (χ4n) is 3.92. The first-order chi connectivity index (χ1) is 8.40. The maximum absolute atomic E-state index is 4.98. The summed E-state index contributed by atoms with van der Waals surface area (Å²) in [7, 11) is 0. The molecule has 0 saturated heterocycles. The van der Waals surface area contributed by atoms with Gasteiger partial charge in [-0.15, -0.1) is 0 Å². The molecule has 94 valence electrons. The van der Waals surface area contributed by atoms with Crippen LogP contribution in [-0.2, 0) is 0 Å². The van der Waals surface area contributed by atoms with Crippen molar-refractivity contribution < 1.29 is 0 Å². The highest BCUT2D eigenvalue weighted by Gasteiger charge is 2.43. The molecule has 17 heavy (non-hydrogen) atoms. The minimum Gasteiger partial charge on any atom is -0.371 e. The average molecular weight is 232 g/mol. The smallest absolute Gasteiger partial charge is 0.0972 e. The van der Waals surface area contributed by atoms with E-state index < -0.39 is 0 Å². The van der Waals surface area contributed by atoms with Gasteiger partial charge in [0.25, 0.3) is 0 Å². The third kappa shape index (κ3) is 2.11. The Balaban J connectivity index is 1.41. The zero-order valence-corrected chi connectivity index (χ0v) is 10.7. The highest BCUT2D eigenvalue weighted by Crippen LogP contribution is 2.45. The highest BCUT2D eigenvalue weighted by atomic mass is 15.1. The molecule has 1 heterocycles. The lowest BCUT2D eigenvalue weighted by atomic mass is 9.85. The third-order valence-electron chi connectivity index (χ3n) is 5.24. The van der Waals surface area contributed by atoms with Crippen molar-refractivity contribution in [3.63, 3.8) is 0 Å². The molecule has 3 aliphatic carbocycles. The van der Waals surface area contributed by atoms with Crippen LogP contribution < -0.4 is 5.32 Å². The van der Waals surface area contributed by atoms with E-state index in [1.807, 2.05) is 0 Å². The minimum absolute atomic E-state index is 0.685. The van der Waals surface area contributed by atoms with Crippen LogP contribution in [0.5, 0.6) is 0 Å². The molecule has 2 heteroatoms. The molecule has 0 aromatic heterocycles. The fourth-order valence-corrected chi connectivity index (χ4v) is 3.92. The summed E-state index contributed by atoms with van der Waals surface area (Å²) in [5, 5.41) is 3.85. The van der Waals surface area contributed by atoms with Crippen LogP contribution in [0, 0.1) is 17.8 Å². The molecule has 0 unspecified atom stereocenters. The molecule has 0 amide bonds. The Kier molecular flexibility index (Phi) is 2.44. The van der Waals surface area contributed by atoms with E-state index in [0.29, 0.717) is 6.04 Å². The van der Waals surface area contributed by atoms with Gasteiger partial charge in [0.2, 0.25) is 0 Å². The molecule has 2 nitrogen and oxygen atoms in total. The molecule has 3 saturated carbocycles. The molecule has 0 bridgehead atoms. The summed E-state index contributed by atoms with van der Waals surface area (Å²) in [5.41, 5.74) is 0. The predicted octanol–water partition coefficient (Wildman–Crippen LogP) is 3.13. The Labute approximate surface area is 104 Å². The van der Waals surface area contributed by atoms with Crippen LogP contribution in [0.3, 0.4) is 0 Å². The maximum atomic E-state index is 4.98. The molecule has 4 rings (SSSR count). The Morgan fingerprint density at radius 2 is 1.65 bits per heavy atom. The van der Waals surface area contributed by atoms with E-state index in [9.17, 15) is 0 Å². The van der Waals surface area contributed by atoms with Gasteiger partial charge in [-0.2, -0.15) is 0 Å². The van der Waals surface area contributed by atoms with Crippen molar-refractivity contribution in [3.8, 4) is 0 Å². The number of rotatable bonds is 3. The van der Waals surface area contributed by atoms with Crippen molar-refractivity contribution in [2.75, 3.05) is 0 Å². The van der Waals surface area contributed by atoms with Crippen molar-refractivity contribution in [1.29, 1.82) is 0 Å². The fraction of sp³-hybridized carbons (Fsp3) is 0.933. The molecule has 0 radical (unpaired) electrons. The molecular formula is C15H24N2. The second-order valence-corrected chi connectivity index (χ2v) is 6.74. The van der Waals surface area contributed by atoms with Gasteiger partial charge in [0.1, 0.15) is 0 Å². The zero-order chi connectivity index (χ0) is 11.2. The van der Waals surface area contributed by atoms with Crippen molar-refractivity contribution in [1.82, 2.24) is 5.32 Å². The number of hydrogen-bond acceptors (Lipinski definition) is 2. The SMILES string of the molecule is C1CC[C@@H]2N=C(NC(C3CC3)C3CC3)C[C@@H]2C1. The lowest BCUT2D eigenvalue weighted by molar-refractivity contribution is 0.337.